The number of alkyl halides is 3. The second kappa shape index (κ2) is 4.40. The van der Waals surface area contributed by atoms with Crippen LogP contribution in [0.2, 0.25) is 0 Å². The molecule has 0 atom stereocenters. The highest BCUT2D eigenvalue weighted by molar-refractivity contribution is 5.87. The van der Waals surface area contributed by atoms with E-state index in [1.54, 1.807) is 0 Å². The summed E-state index contributed by atoms with van der Waals surface area (Å²) in [6.45, 7) is 2.01. The molecule has 20 heavy (non-hydrogen) atoms. The number of aromatic amines is 1. The molecule has 0 aliphatic carbocycles. The zero-order chi connectivity index (χ0) is 14.3. The van der Waals surface area contributed by atoms with Gasteiger partial charge in [0, 0.05) is 17.1 Å². The Labute approximate surface area is 114 Å². The molecular formula is C16H12F3N. The Morgan fingerprint density at radius 3 is 2.20 bits per heavy atom. The van der Waals surface area contributed by atoms with Gasteiger partial charge in [-0.15, -0.1) is 0 Å². The minimum atomic E-state index is -4.29. The van der Waals surface area contributed by atoms with E-state index >= 15 is 0 Å². The highest BCUT2D eigenvalue weighted by Gasteiger charge is 2.29. The van der Waals surface area contributed by atoms with E-state index in [1.165, 1.54) is 12.1 Å². The van der Waals surface area contributed by atoms with Gasteiger partial charge in [0.2, 0.25) is 0 Å². The quantitative estimate of drug-likeness (QED) is 0.631. The minimum absolute atomic E-state index is 0.627. The van der Waals surface area contributed by atoms with Crippen molar-refractivity contribution >= 4 is 10.9 Å². The average Bonchev–Trinajstić information content (AvgIpc) is 2.79. The Balaban J connectivity index is 2.02. The fourth-order valence-corrected chi connectivity index (χ4v) is 2.30. The number of aryl methyl sites for hydroxylation is 1. The van der Waals surface area contributed by atoms with Gasteiger partial charge in [0.15, 0.2) is 0 Å². The molecule has 3 rings (SSSR count). The Bertz CT molecular complexity index is 751. The van der Waals surface area contributed by atoms with Crippen LogP contribution in [0.15, 0.2) is 48.7 Å². The maximum Gasteiger partial charge on any atom is 0.416 e. The smallest absolute Gasteiger partial charge is 0.361 e. The summed E-state index contributed by atoms with van der Waals surface area (Å²) in [5.74, 6) is 0. The summed E-state index contributed by atoms with van der Waals surface area (Å²) >= 11 is 0. The van der Waals surface area contributed by atoms with E-state index in [-0.39, 0.29) is 0 Å². The molecule has 1 heterocycles. The molecule has 0 spiro atoms. The summed E-state index contributed by atoms with van der Waals surface area (Å²) in [6, 6.07) is 11.1. The summed E-state index contributed by atoms with van der Waals surface area (Å²) in [5.41, 5.74) is 3.18. The van der Waals surface area contributed by atoms with Gasteiger partial charge in [0.1, 0.15) is 0 Å². The molecule has 102 valence electrons. The molecule has 0 amide bonds. The average molecular weight is 275 g/mol. The number of nitrogens with one attached hydrogen (secondary N) is 1. The van der Waals surface area contributed by atoms with Crippen LogP contribution < -0.4 is 0 Å². The molecule has 2 aromatic carbocycles. The van der Waals surface area contributed by atoms with Crippen molar-refractivity contribution in [3.63, 3.8) is 0 Å². The van der Waals surface area contributed by atoms with Crippen LogP contribution in [0.3, 0.4) is 0 Å². The van der Waals surface area contributed by atoms with Gasteiger partial charge in [0.05, 0.1) is 5.56 Å². The van der Waals surface area contributed by atoms with E-state index < -0.39 is 11.7 Å². The molecule has 0 saturated heterocycles. The van der Waals surface area contributed by atoms with Crippen molar-refractivity contribution in [2.75, 3.05) is 0 Å². The van der Waals surface area contributed by atoms with E-state index in [2.05, 4.69) is 4.98 Å². The van der Waals surface area contributed by atoms with Gasteiger partial charge in [-0.05, 0) is 41.8 Å². The Hall–Kier alpha value is -2.23. The molecule has 0 aliphatic heterocycles. The molecule has 0 radical (unpaired) electrons. The lowest BCUT2D eigenvalue weighted by Gasteiger charge is -2.08. The molecule has 1 N–H and O–H groups in total. The highest BCUT2D eigenvalue weighted by atomic mass is 19.4. The molecule has 0 unspecified atom stereocenters. The van der Waals surface area contributed by atoms with E-state index in [4.69, 9.17) is 0 Å². The molecule has 1 aromatic heterocycles. The van der Waals surface area contributed by atoms with Gasteiger partial charge in [-0.1, -0.05) is 24.3 Å². The number of halogens is 3. The number of fused-ring (bicyclic) bond motifs is 1. The summed E-state index contributed by atoms with van der Waals surface area (Å²) < 4.78 is 37.6. The number of aromatic nitrogens is 1. The monoisotopic (exact) mass is 275 g/mol. The largest absolute Gasteiger partial charge is 0.416 e. The van der Waals surface area contributed by atoms with Crippen molar-refractivity contribution in [3.05, 3.63) is 59.8 Å². The SMILES string of the molecule is Cc1c[nH]c2cc(-c3ccc(C(F)(F)F)cc3)ccc12. The number of hydrogen-bond donors (Lipinski definition) is 1. The summed E-state index contributed by atoms with van der Waals surface area (Å²) in [7, 11) is 0. The number of H-pyrrole nitrogens is 1. The summed E-state index contributed by atoms with van der Waals surface area (Å²) in [4.78, 5) is 3.15. The third-order valence-corrected chi connectivity index (χ3v) is 3.43. The van der Waals surface area contributed by atoms with Crippen molar-refractivity contribution in [1.82, 2.24) is 4.98 Å². The van der Waals surface area contributed by atoms with Crippen LogP contribution in [0.4, 0.5) is 13.2 Å². The molecular weight excluding hydrogens is 263 g/mol. The van der Waals surface area contributed by atoms with Gasteiger partial charge in [-0.2, -0.15) is 13.2 Å². The predicted molar refractivity (Wildman–Crippen MR) is 73.5 cm³/mol. The fourth-order valence-electron chi connectivity index (χ4n) is 2.30. The van der Waals surface area contributed by atoms with E-state index in [0.29, 0.717) is 0 Å². The topological polar surface area (TPSA) is 15.8 Å². The van der Waals surface area contributed by atoms with Crippen molar-refractivity contribution in [2.45, 2.75) is 13.1 Å². The molecule has 4 heteroatoms. The Morgan fingerprint density at radius 1 is 0.900 bits per heavy atom. The normalized spacial score (nSPS) is 12.0. The summed E-state index contributed by atoms with van der Waals surface area (Å²) in [5, 5.41) is 1.13. The number of rotatable bonds is 1. The lowest BCUT2D eigenvalue weighted by atomic mass is 10.0. The number of benzene rings is 2. The van der Waals surface area contributed by atoms with Crippen LogP contribution in [0.1, 0.15) is 11.1 Å². The predicted octanol–water partition coefficient (Wildman–Crippen LogP) is 5.16. The van der Waals surface area contributed by atoms with E-state index in [1.807, 2.05) is 31.3 Å². The molecule has 1 nitrogen and oxygen atoms in total. The van der Waals surface area contributed by atoms with Crippen LogP contribution >= 0.6 is 0 Å². The maximum atomic E-state index is 12.5. The third-order valence-electron chi connectivity index (χ3n) is 3.43. The second-order valence-electron chi connectivity index (χ2n) is 4.81. The lowest BCUT2D eigenvalue weighted by molar-refractivity contribution is -0.137. The second-order valence-corrected chi connectivity index (χ2v) is 4.81. The molecule has 3 aromatic rings. The van der Waals surface area contributed by atoms with Crippen molar-refractivity contribution in [3.8, 4) is 11.1 Å². The fraction of sp³-hybridized carbons (Fsp3) is 0.125. The highest BCUT2D eigenvalue weighted by Crippen LogP contribution is 2.31. The van der Waals surface area contributed by atoms with Gasteiger partial charge in [-0.25, -0.2) is 0 Å². The molecule has 0 bridgehead atoms. The first-order chi connectivity index (χ1) is 9.45. The zero-order valence-corrected chi connectivity index (χ0v) is 10.8. The van der Waals surface area contributed by atoms with Crippen molar-refractivity contribution in [1.29, 1.82) is 0 Å². The third kappa shape index (κ3) is 2.18. The number of hydrogen-bond acceptors (Lipinski definition) is 0. The van der Waals surface area contributed by atoms with Crippen molar-refractivity contribution < 1.29 is 13.2 Å². The Kier molecular flexibility index (Phi) is 2.82. The van der Waals surface area contributed by atoms with Gasteiger partial charge >= 0.3 is 6.18 Å². The first kappa shape index (κ1) is 12.8. The summed E-state index contributed by atoms with van der Waals surface area (Å²) in [6.07, 6.45) is -2.37. The van der Waals surface area contributed by atoms with Gasteiger partial charge in [0.25, 0.3) is 0 Å². The first-order valence-electron chi connectivity index (χ1n) is 6.20. The maximum absolute atomic E-state index is 12.5. The first-order valence-corrected chi connectivity index (χ1v) is 6.20. The molecule has 0 aliphatic rings. The van der Waals surface area contributed by atoms with Gasteiger partial charge < -0.3 is 4.98 Å². The minimum Gasteiger partial charge on any atom is -0.361 e. The zero-order valence-electron chi connectivity index (χ0n) is 10.8. The standard InChI is InChI=1S/C16H12F3N/c1-10-9-20-15-8-12(4-7-14(10)15)11-2-5-13(6-3-11)16(17,18)19/h2-9,20H,1H3. The van der Waals surface area contributed by atoms with E-state index in [9.17, 15) is 13.2 Å². The van der Waals surface area contributed by atoms with Crippen LogP contribution in [0.5, 0.6) is 0 Å². The van der Waals surface area contributed by atoms with Crippen LogP contribution in [-0.4, -0.2) is 4.98 Å². The Morgan fingerprint density at radius 2 is 1.55 bits per heavy atom. The molecule has 0 saturated carbocycles. The van der Waals surface area contributed by atoms with Crippen LogP contribution in [0.25, 0.3) is 22.0 Å². The molecule has 0 fully saturated rings. The lowest BCUT2D eigenvalue weighted by Crippen LogP contribution is -2.03. The van der Waals surface area contributed by atoms with E-state index in [0.717, 1.165) is 39.7 Å². The van der Waals surface area contributed by atoms with Gasteiger partial charge in [-0.3, -0.25) is 0 Å². The van der Waals surface area contributed by atoms with Crippen LogP contribution in [-0.2, 0) is 6.18 Å². The van der Waals surface area contributed by atoms with Crippen molar-refractivity contribution in [2.24, 2.45) is 0 Å². The van der Waals surface area contributed by atoms with Crippen LogP contribution in [0, 0.1) is 6.92 Å².